The lowest BCUT2D eigenvalue weighted by molar-refractivity contribution is -0.138. The molecule has 3 aromatic carbocycles. The largest absolute Gasteiger partial charge is 0.480 e. The lowest BCUT2D eigenvalue weighted by Gasteiger charge is -2.34. The van der Waals surface area contributed by atoms with E-state index in [1.165, 1.54) is 48.6 Å². The van der Waals surface area contributed by atoms with Gasteiger partial charge in [-0.1, -0.05) is 85.0 Å². The van der Waals surface area contributed by atoms with Crippen molar-refractivity contribution in [1.82, 2.24) is 5.32 Å². The zero-order valence-electron chi connectivity index (χ0n) is 22.8. The Kier molecular flexibility index (Phi) is 8.06. The van der Waals surface area contributed by atoms with Gasteiger partial charge in [0.15, 0.2) is 0 Å². The number of amides is 1. The van der Waals surface area contributed by atoms with Gasteiger partial charge in [-0.2, -0.15) is 11.8 Å². The standard InChI is InChI=1S/C33H33NO4S2/c1-32(2,3)38-31(37)34-27(30(35)36)20-39-21-33(18-16-23(17-19-33)22-10-5-4-6-11-22)26-14-9-13-25-24-12-7-8-15-28(24)40-29(25)26/h4-18,27H,19-21H2,1-3H3,(H,34,37)(H,35,36). The lowest BCUT2D eigenvalue weighted by atomic mass is 9.75. The van der Waals surface area contributed by atoms with Crippen LogP contribution in [0, 0.1) is 0 Å². The molecule has 40 heavy (non-hydrogen) atoms. The van der Waals surface area contributed by atoms with Gasteiger partial charge in [-0.15, -0.1) is 11.3 Å². The number of nitrogens with one attached hydrogen (secondary N) is 1. The number of benzene rings is 3. The Morgan fingerprint density at radius 3 is 2.45 bits per heavy atom. The molecular weight excluding hydrogens is 539 g/mol. The summed E-state index contributed by atoms with van der Waals surface area (Å²) < 4.78 is 7.80. The molecule has 7 heteroatoms. The van der Waals surface area contributed by atoms with Crippen LogP contribution in [-0.4, -0.2) is 40.3 Å². The Labute approximate surface area is 242 Å². The number of ether oxygens (including phenoxy) is 1. The van der Waals surface area contributed by atoms with Gasteiger partial charge in [0.25, 0.3) is 0 Å². The van der Waals surface area contributed by atoms with Crippen LogP contribution in [0.1, 0.15) is 38.3 Å². The van der Waals surface area contributed by atoms with Gasteiger partial charge in [-0.3, -0.25) is 0 Å². The summed E-state index contributed by atoms with van der Waals surface area (Å²) in [4.78, 5) is 24.3. The van der Waals surface area contributed by atoms with E-state index in [2.05, 4.69) is 78.1 Å². The molecule has 0 saturated carbocycles. The predicted octanol–water partition coefficient (Wildman–Crippen LogP) is 8.05. The Balaban J connectivity index is 1.45. The van der Waals surface area contributed by atoms with Crippen LogP contribution in [0.3, 0.4) is 0 Å². The molecule has 0 aliphatic heterocycles. The molecule has 1 aliphatic carbocycles. The zero-order valence-corrected chi connectivity index (χ0v) is 24.5. The van der Waals surface area contributed by atoms with Crippen LogP contribution >= 0.6 is 23.1 Å². The molecule has 0 radical (unpaired) electrons. The monoisotopic (exact) mass is 571 g/mol. The number of carbonyl (C=O) groups is 2. The molecule has 2 unspecified atom stereocenters. The third kappa shape index (κ3) is 6.11. The van der Waals surface area contributed by atoms with Crippen LogP contribution in [-0.2, 0) is 14.9 Å². The van der Waals surface area contributed by atoms with Crippen molar-refractivity contribution in [1.29, 1.82) is 0 Å². The molecule has 1 aromatic heterocycles. The van der Waals surface area contributed by atoms with Crippen molar-refractivity contribution in [2.24, 2.45) is 0 Å². The fourth-order valence-electron chi connectivity index (χ4n) is 5.03. The molecule has 1 heterocycles. The molecule has 0 saturated heterocycles. The number of hydrogen-bond donors (Lipinski definition) is 2. The number of hydrogen-bond acceptors (Lipinski definition) is 5. The van der Waals surface area contributed by atoms with Gasteiger partial charge >= 0.3 is 12.1 Å². The van der Waals surface area contributed by atoms with Crippen molar-refractivity contribution >= 4 is 60.9 Å². The summed E-state index contributed by atoms with van der Waals surface area (Å²) in [6.07, 6.45) is 6.83. The Bertz CT molecular complexity index is 1600. The molecule has 2 N–H and O–H groups in total. The normalized spacial score (nSPS) is 17.9. The maximum Gasteiger partial charge on any atom is 0.408 e. The van der Waals surface area contributed by atoms with Crippen molar-refractivity contribution in [2.75, 3.05) is 11.5 Å². The topological polar surface area (TPSA) is 75.6 Å². The number of carboxylic acids is 1. The summed E-state index contributed by atoms with van der Waals surface area (Å²) in [6, 6.07) is 24.3. The number of allylic oxidation sites excluding steroid dienone is 4. The maximum absolute atomic E-state index is 12.3. The average molecular weight is 572 g/mol. The number of alkyl carbamates (subject to hydrolysis) is 1. The number of carboxylic acid groups (broad SMARTS) is 1. The van der Waals surface area contributed by atoms with Gasteiger partial charge in [-0.05, 0) is 50.0 Å². The van der Waals surface area contributed by atoms with E-state index in [9.17, 15) is 14.7 Å². The maximum atomic E-state index is 12.3. The van der Waals surface area contributed by atoms with E-state index in [-0.39, 0.29) is 11.2 Å². The second kappa shape index (κ2) is 11.5. The molecule has 0 fully saturated rings. The highest BCUT2D eigenvalue weighted by molar-refractivity contribution is 7.99. The van der Waals surface area contributed by atoms with E-state index in [0.29, 0.717) is 5.75 Å². The van der Waals surface area contributed by atoms with Crippen molar-refractivity contribution < 1.29 is 19.4 Å². The van der Waals surface area contributed by atoms with E-state index in [0.717, 1.165) is 6.42 Å². The van der Waals surface area contributed by atoms with Crippen LogP contribution in [0.4, 0.5) is 4.79 Å². The third-order valence-corrected chi connectivity index (χ3v) is 9.46. The lowest BCUT2D eigenvalue weighted by Crippen LogP contribution is -2.45. The van der Waals surface area contributed by atoms with Gasteiger partial charge in [0.2, 0.25) is 0 Å². The Morgan fingerprint density at radius 2 is 1.75 bits per heavy atom. The van der Waals surface area contributed by atoms with Crippen molar-refractivity contribution in [3.05, 3.63) is 102 Å². The van der Waals surface area contributed by atoms with E-state index in [1.54, 1.807) is 32.1 Å². The number of rotatable bonds is 8. The van der Waals surface area contributed by atoms with Gasteiger partial charge < -0.3 is 15.2 Å². The smallest absolute Gasteiger partial charge is 0.408 e. The summed E-state index contributed by atoms with van der Waals surface area (Å²) in [5.74, 6) is -0.193. The van der Waals surface area contributed by atoms with Crippen LogP contribution in [0.25, 0.3) is 25.7 Å². The summed E-state index contributed by atoms with van der Waals surface area (Å²) in [6.45, 7) is 5.26. The minimum atomic E-state index is -1.08. The molecule has 206 valence electrons. The number of fused-ring (bicyclic) bond motifs is 3. The van der Waals surface area contributed by atoms with Crippen molar-refractivity contribution in [3.8, 4) is 0 Å². The Morgan fingerprint density at radius 1 is 1.02 bits per heavy atom. The first kappa shape index (κ1) is 28.0. The van der Waals surface area contributed by atoms with E-state index in [1.807, 2.05) is 18.2 Å². The highest BCUT2D eigenvalue weighted by Gasteiger charge is 2.34. The Hall–Kier alpha value is -3.55. The molecule has 0 bridgehead atoms. The quantitative estimate of drug-likeness (QED) is 0.224. The van der Waals surface area contributed by atoms with Gasteiger partial charge in [0.1, 0.15) is 11.6 Å². The van der Waals surface area contributed by atoms with Crippen molar-refractivity contribution in [2.45, 2.75) is 44.2 Å². The molecule has 1 aliphatic rings. The number of thiophene rings is 1. The fourth-order valence-corrected chi connectivity index (χ4v) is 7.67. The van der Waals surface area contributed by atoms with Crippen LogP contribution < -0.4 is 5.32 Å². The first-order chi connectivity index (χ1) is 19.2. The van der Waals surface area contributed by atoms with Gasteiger partial charge in [-0.25, -0.2) is 9.59 Å². The summed E-state index contributed by atoms with van der Waals surface area (Å²) in [7, 11) is 0. The van der Waals surface area contributed by atoms with Crippen molar-refractivity contribution in [3.63, 3.8) is 0 Å². The molecule has 0 spiro atoms. The molecule has 5 rings (SSSR count). The van der Waals surface area contributed by atoms with Gasteiger partial charge in [0, 0.05) is 37.1 Å². The van der Waals surface area contributed by atoms with E-state index >= 15 is 0 Å². The third-order valence-electron chi connectivity index (χ3n) is 6.95. The molecular formula is C33H33NO4S2. The molecule has 1 amide bonds. The van der Waals surface area contributed by atoms with E-state index in [4.69, 9.17) is 4.74 Å². The fraction of sp³-hybridized carbons (Fsp3) is 0.273. The number of carbonyl (C=O) groups excluding carboxylic acids is 1. The number of aliphatic carboxylic acids is 1. The van der Waals surface area contributed by atoms with E-state index < -0.39 is 23.7 Å². The minimum absolute atomic E-state index is 0.224. The minimum Gasteiger partial charge on any atom is -0.480 e. The predicted molar refractivity (Wildman–Crippen MR) is 167 cm³/mol. The zero-order chi connectivity index (χ0) is 28.3. The van der Waals surface area contributed by atoms with Gasteiger partial charge in [0.05, 0.1) is 0 Å². The first-order valence-corrected chi connectivity index (χ1v) is 15.3. The average Bonchev–Trinajstić information content (AvgIpc) is 3.31. The van der Waals surface area contributed by atoms with Crippen LogP contribution in [0.15, 0.2) is 91.0 Å². The first-order valence-electron chi connectivity index (χ1n) is 13.3. The summed E-state index contributed by atoms with van der Waals surface area (Å²) >= 11 is 3.34. The molecule has 2 atom stereocenters. The SMILES string of the molecule is CC(C)(C)OC(=O)NC(CSCC1(c2cccc3c2sc2ccccc23)C=CC(c2ccccc2)=CC1)C(=O)O. The second-order valence-corrected chi connectivity index (χ2v) is 13.1. The van der Waals surface area contributed by atoms with Crippen LogP contribution in [0.5, 0.6) is 0 Å². The summed E-state index contributed by atoms with van der Waals surface area (Å²) in [5.41, 5.74) is 2.55. The molecule has 5 nitrogen and oxygen atoms in total. The highest BCUT2D eigenvalue weighted by atomic mass is 32.2. The molecule has 4 aromatic rings. The summed E-state index contributed by atoms with van der Waals surface area (Å²) in [5, 5.41) is 14.8. The second-order valence-electron chi connectivity index (χ2n) is 11.1. The highest BCUT2D eigenvalue weighted by Crippen LogP contribution is 2.45. The van der Waals surface area contributed by atoms with Crippen LogP contribution in [0.2, 0.25) is 0 Å². The number of thioether (sulfide) groups is 1.